The number of carbonyl (C=O) groups excluding carboxylic acids is 2. The van der Waals surface area contributed by atoms with E-state index in [1.807, 2.05) is 0 Å². The molecule has 2 heterocycles. The Morgan fingerprint density at radius 2 is 1.92 bits per heavy atom. The number of furan rings is 1. The lowest BCUT2D eigenvalue weighted by atomic mass is 9.97. The van der Waals surface area contributed by atoms with Crippen LogP contribution in [0.4, 0.5) is 11.5 Å². The van der Waals surface area contributed by atoms with Gasteiger partial charge in [0.15, 0.2) is 5.82 Å². The van der Waals surface area contributed by atoms with Gasteiger partial charge in [-0.2, -0.15) is 5.26 Å². The molecule has 0 fully saturated rings. The summed E-state index contributed by atoms with van der Waals surface area (Å²) in [7, 11) is 0. The number of aromatic nitrogens is 1. The number of hydrogen-bond acceptors (Lipinski definition) is 7. The molecule has 2 aromatic carbocycles. The highest BCUT2D eigenvalue weighted by molar-refractivity contribution is 6.30. The number of amides is 2. The third-order valence-corrected chi connectivity index (χ3v) is 5.45. The first-order chi connectivity index (χ1) is 17.4. The fraction of sp³-hybridized carbons (Fsp3) is 0.0769. The number of benzene rings is 2. The van der Waals surface area contributed by atoms with Crippen molar-refractivity contribution >= 4 is 47.3 Å². The van der Waals surface area contributed by atoms with Gasteiger partial charge in [0.2, 0.25) is 5.91 Å². The molecule has 9 nitrogen and oxygen atoms in total. The summed E-state index contributed by atoms with van der Waals surface area (Å²) in [5, 5.41) is 26.3. The summed E-state index contributed by atoms with van der Waals surface area (Å²) in [5.41, 5.74) is 7.93. The second-order valence-corrected chi connectivity index (χ2v) is 8.12. The number of aromatic hydroxyl groups is 1. The molecule has 2 aromatic heterocycles. The number of nitrogens with zero attached hydrogens (tertiary/aromatic N) is 2. The van der Waals surface area contributed by atoms with Crippen LogP contribution in [0.25, 0.3) is 22.4 Å². The molecule has 0 aliphatic heterocycles. The number of pyridine rings is 1. The highest BCUT2D eigenvalue weighted by Crippen LogP contribution is 2.37. The molecular weight excluding hydrogens is 517 g/mol. The Labute approximate surface area is 223 Å². The van der Waals surface area contributed by atoms with Crippen LogP contribution in [0.2, 0.25) is 5.02 Å². The zero-order valence-electron chi connectivity index (χ0n) is 19.2. The minimum Gasteiger partial charge on any atom is -0.507 e. The van der Waals surface area contributed by atoms with Crippen LogP contribution in [-0.4, -0.2) is 28.4 Å². The predicted molar refractivity (Wildman–Crippen MR) is 143 cm³/mol. The molecule has 0 saturated heterocycles. The highest BCUT2D eigenvalue weighted by atomic mass is 35.5. The van der Waals surface area contributed by atoms with Gasteiger partial charge in [0.05, 0.1) is 17.5 Å². The summed E-state index contributed by atoms with van der Waals surface area (Å²) in [6.45, 7) is 0.210. The molecule has 188 valence electrons. The third-order valence-electron chi connectivity index (χ3n) is 5.21. The molecule has 0 saturated carbocycles. The zero-order valence-corrected chi connectivity index (χ0v) is 20.8. The molecule has 0 radical (unpaired) electrons. The summed E-state index contributed by atoms with van der Waals surface area (Å²) in [6, 6.07) is 16.6. The lowest BCUT2D eigenvalue weighted by molar-refractivity contribution is -0.116. The number of carbonyl (C=O) groups is 2. The Morgan fingerprint density at radius 3 is 2.59 bits per heavy atom. The smallest absolute Gasteiger partial charge is 0.260 e. The van der Waals surface area contributed by atoms with Crippen LogP contribution in [0.5, 0.6) is 5.75 Å². The lowest BCUT2D eigenvalue weighted by Crippen LogP contribution is -2.16. The molecule has 0 unspecified atom stereocenters. The van der Waals surface area contributed by atoms with Crippen LogP contribution >= 0.6 is 24.0 Å². The van der Waals surface area contributed by atoms with Crippen molar-refractivity contribution in [1.29, 1.82) is 5.26 Å². The Morgan fingerprint density at radius 1 is 1.11 bits per heavy atom. The number of nitrogens with two attached hydrogens (primary N) is 1. The van der Waals surface area contributed by atoms with Crippen molar-refractivity contribution in [2.75, 3.05) is 17.2 Å². The SMILES string of the molecule is Cl.N#Cc1c(-c2cccc(NC(=O)CCN)c2)cc(-c2ccc(Cl)cc2O)nc1NC(=O)c1ccoc1. The molecule has 2 amide bonds. The van der Waals surface area contributed by atoms with Gasteiger partial charge in [-0.15, -0.1) is 12.4 Å². The Bertz CT molecular complexity index is 1480. The number of nitriles is 1. The molecule has 0 atom stereocenters. The first-order valence-electron chi connectivity index (χ1n) is 10.8. The van der Waals surface area contributed by atoms with Crippen molar-refractivity contribution in [3.05, 3.63) is 83.3 Å². The minimum absolute atomic E-state index is 0. The maximum atomic E-state index is 12.7. The van der Waals surface area contributed by atoms with Gasteiger partial charge in [-0.25, -0.2) is 4.98 Å². The van der Waals surface area contributed by atoms with Crippen molar-refractivity contribution in [2.24, 2.45) is 5.73 Å². The molecule has 0 aliphatic rings. The molecule has 0 spiro atoms. The van der Waals surface area contributed by atoms with E-state index in [4.69, 9.17) is 21.8 Å². The van der Waals surface area contributed by atoms with E-state index in [0.717, 1.165) is 0 Å². The fourth-order valence-electron chi connectivity index (χ4n) is 3.53. The largest absolute Gasteiger partial charge is 0.507 e. The topological polar surface area (TPSA) is 154 Å². The summed E-state index contributed by atoms with van der Waals surface area (Å²) in [5.74, 6) is -0.910. The first-order valence-corrected chi connectivity index (χ1v) is 11.2. The lowest BCUT2D eigenvalue weighted by Gasteiger charge is -2.15. The van der Waals surface area contributed by atoms with E-state index < -0.39 is 5.91 Å². The van der Waals surface area contributed by atoms with Crippen LogP contribution in [0.3, 0.4) is 0 Å². The van der Waals surface area contributed by atoms with Gasteiger partial charge in [-0.3, -0.25) is 9.59 Å². The summed E-state index contributed by atoms with van der Waals surface area (Å²) in [6.07, 6.45) is 2.78. The van der Waals surface area contributed by atoms with Gasteiger partial charge < -0.3 is 25.9 Å². The van der Waals surface area contributed by atoms with E-state index in [9.17, 15) is 20.0 Å². The normalized spacial score (nSPS) is 10.2. The molecule has 0 bridgehead atoms. The van der Waals surface area contributed by atoms with E-state index in [2.05, 4.69) is 21.7 Å². The number of nitrogens with one attached hydrogen (secondary N) is 2. The van der Waals surface area contributed by atoms with Crippen molar-refractivity contribution < 1.29 is 19.1 Å². The predicted octanol–water partition coefficient (Wildman–Crippen LogP) is 5.20. The zero-order chi connectivity index (χ0) is 25.7. The van der Waals surface area contributed by atoms with Crippen molar-refractivity contribution in [2.45, 2.75) is 6.42 Å². The average molecular weight is 538 g/mol. The Kier molecular flexibility index (Phi) is 8.87. The molecule has 5 N–H and O–H groups in total. The summed E-state index contributed by atoms with van der Waals surface area (Å²) in [4.78, 5) is 29.2. The van der Waals surface area contributed by atoms with Crippen LogP contribution < -0.4 is 16.4 Å². The Hall–Kier alpha value is -4.36. The average Bonchev–Trinajstić information content (AvgIpc) is 3.39. The number of phenols is 1. The van der Waals surface area contributed by atoms with Gasteiger partial charge in [-0.1, -0.05) is 23.7 Å². The first kappa shape index (κ1) is 27.2. The highest BCUT2D eigenvalue weighted by Gasteiger charge is 2.20. The van der Waals surface area contributed by atoms with E-state index in [1.165, 1.54) is 24.7 Å². The molecule has 4 rings (SSSR count). The van der Waals surface area contributed by atoms with E-state index in [0.29, 0.717) is 33.1 Å². The quantitative estimate of drug-likeness (QED) is 0.252. The molecule has 4 aromatic rings. The van der Waals surface area contributed by atoms with E-state index in [-0.39, 0.29) is 54.0 Å². The van der Waals surface area contributed by atoms with Crippen molar-refractivity contribution in [3.63, 3.8) is 0 Å². The van der Waals surface area contributed by atoms with Crippen LogP contribution in [0.1, 0.15) is 22.3 Å². The second kappa shape index (κ2) is 12.1. The molecule has 37 heavy (non-hydrogen) atoms. The van der Waals surface area contributed by atoms with Crippen molar-refractivity contribution in [1.82, 2.24) is 4.98 Å². The van der Waals surface area contributed by atoms with Gasteiger partial charge in [0, 0.05) is 34.8 Å². The maximum Gasteiger partial charge on any atom is 0.260 e. The number of halogens is 2. The van der Waals surface area contributed by atoms with Gasteiger partial charge >= 0.3 is 0 Å². The van der Waals surface area contributed by atoms with Crippen LogP contribution in [0, 0.1) is 11.3 Å². The second-order valence-electron chi connectivity index (χ2n) is 7.69. The van der Waals surface area contributed by atoms with Crippen LogP contribution in [-0.2, 0) is 4.79 Å². The summed E-state index contributed by atoms with van der Waals surface area (Å²) >= 11 is 5.99. The standard InChI is InChI=1S/C26H20ClN5O4.ClH/c27-17-4-5-19(23(33)11-17)22-12-20(15-2-1-3-18(10-15)30-24(34)6-8-28)21(13-29)25(31-22)32-26(35)16-7-9-36-14-16;/h1-5,7,9-12,14,33H,6,8,28H2,(H,30,34)(H,31,32,35);1H. The number of hydrogen-bond donors (Lipinski definition) is 4. The number of phenolic OH excluding ortho intramolecular Hbond substituents is 1. The monoisotopic (exact) mass is 537 g/mol. The van der Waals surface area contributed by atoms with E-state index >= 15 is 0 Å². The van der Waals surface area contributed by atoms with Gasteiger partial charge in [0.1, 0.15) is 23.6 Å². The third kappa shape index (κ3) is 6.26. The molecule has 11 heteroatoms. The van der Waals surface area contributed by atoms with Gasteiger partial charge in [0.25, 0.3) is 5.91 Å². The Balaban J connectivity index is 0.00000380. The molecule has 0 aliphatic carbocycles. The summed E-state index contributed by atoms with van der Waals surface area (Å²) < 4.78 is 4.97. The number of anilines is 2. The van der Waals surface area contributed by atoms with Gasteiger partial charge in [-0.05, 0) is 48.0 Å². The molecular formula is C26H21Cl2N5O4. The maximum absolute atomic E-state index is 12.7. The minimum atomic E-state index is -0.529. The van der Waals surface area contributed by atoms with E-state index in [1.54, 1.807) is 42.5 Å². The number of rotatable bonds is 7. The fourth-order valence-corrected chi connectivity index (χ4v) is 3.69. The van der Waals surface area contributed by atoms with Crippen molar-refractivity contribution in [3.8, 4) is 34.2 Å². The van der Waals surface area contributed by atoms with Crippen LogP contribution in [0.15, 0.2) is 71.5 Å².